The Labute approximate surface area is 164 Å². The third-order valence-corrected chi connectivity index (χ3v) is 4.90. The third kappa shape index (κ3) is 4.12. The number of benzene rings is 2. The van der Waals surface area contributed by atoms with Crippen LogP contribution in [0.4, 0.5) is 11.5 Å². The molecule has 0 saturated carbocycles. The number of aromatic nitrogens is 2. The quantitative estimate of drug-likeness (QED) is 0.636. The van der Waals surface area contributed by atoms with E-state index in [1.807, 2.05) is 36.4 Å². The van der Waals surface area contributed by atoms with Crippen molar-refractivity contribution < 1.29 is 9.90 Å². The maximum Gasteiger partial charge on any atom is 0.227 e. The predicted octanol–water partition coefficient (Wildman–Crippen LogP) is 3.31. The summed E-state index contributed by atoms with van der Waals surface area (Å²) >= 11 is 0. The summed E-state index contributed by atoms with van der Waals surface area (Å²) in [4.78, 5) is 20.8. The Morgan fingerprint density at radius 1 is 1.14 bits per heavy atom. The van der Waals surface area contributed by atoms with Crippen molar-refractivity contribution in [2.24, 2.45) is 0 Å². The van der Waals surface area contributed by atoms with Crippen LogP contribution in [0, 0.1) is 0 Å². The average Bonchev–Trinajstić information content (AvgIpc) is 3.02. The minimum atomic E-state index is -1.02. The van der Waals surface area contributed by atoms with Crippen molar-refractivity contribution in [3.8, 4) is 0 Å². The fraction of sp³-hybridized carbons (Fsp3) is 0.318. The molecule has 6 heteroatoms. The van der Waals surface area contributed by atoms with Gasteiger partial charge in [-0.3, -0.25) is 4.79 Å². The van der Waals surface area contributed by atoms with Gasteiger partial charge < -0.3 is 15.7 Å². The van der Waals surface area contributed by atoms with Gasteiger partial charge in [0, 0.05) is 17.1 Å². The Morgan fingerprint density at radius 3 is 2.75 bits per heavy atom. The summed E-state index contributed by atoms with van der Waals surface area (Å²) < 4.78 is 0. The molecule has 0 bridgehead atoms. The van der Waals surface area contributed by atoms with E-state index < -0.39 is 5.60 Å². The fourth-order valence-corrected chi connectivity index (χ4v) is 3.71. The molecule has 6 nitrogen and oxygen atoms in total. The zero-order chi connectivity index (χ0) is 19.7. The highest BCUT2D eigenvalue weighted by atomic mass is 16.3. The van der Waals surface area contributed by atoms with Crippen molar-refractivity contribution in [1.29, 1.82) is 0 Å². The summed E-state index contributed by atoms with van der Waals surface area (Å²) in [5.74, 6) is 0.662. The van der Waals surface area contributed by atoms with E-state index in [4.69, 9.17) is 0 Å². The van der Waals surface area contributed by atoms with E-state index in [0.717, 1.165) is 35.2 Å². The number of carbonyl (C=O) groups is 1. The number of anilines is 2. The Balaban J connectivity index is 1.46. The van der Waals surface area contributed by atoms with Gasteiger partial charge in [-0.05, 0) is 62.1 Å². The molecule has 2 aromatic carbocycles. The molecule has 1 aliphatic rings. The SMILES string of the molecule is CC(C)(O)CC(=O)Nc1ccc2c(c1)CC(Nc1ncnc3ccccc13)C2. The summed E-state index contributed by atoms with van der Waals surface area (Å²) in [5, 5.41) is 17.2. The molecule has 1 amide bonds. The molecule has 0 fully saturated rings. The topological polar surface area (TPSA) is 87.1 Å². The zero-order valence-corrected chi connectivity index (χ0v) is 16.1. The Morgan fingerprint density at radius 2 is 1.93 bits per heavy atom. The van der Waals surface area contributed by atoms with Crippen LogP contribution in [0.25, 0.3) is 10.9 Å². The number of carbonyl (C=O) groups excluding carboxylic acids is 1. The number of hydrogen-bond acceptors (Lipinski definition) is 5. The molecule has 1 heterocycles. The van der Waals surface area contributed by atoms with E-state index in [0.29, 0.717) is 0 Å². The second kappa shape index (κ2) is 7.20. The monoisotopic (exact) mass is 376 g/mol. The molecule has 3 aromatic rings. The van der Waals surface area contributed by atoms with Gasteiger partial charge in [-0.25, -0.2) is 9.97 Å². The smallest absolute Gasteiger partial charge is 0.227 e. The van der Waals surface area contributed by atoms with Crippen molar-refractivity contribution in [2.75, 3.05) is 10.6 Å². The van der Waals surface area contributed by atoms with Crippen LogP contribution < -0.4 is 10.6 Å². The lowest BCUT2D eigenvalue weighted by Crippen LogP contribution is -2.27. The zero-order valence-electron chi connectivity index (χ0n) is 16.1. The fourth-order valence-electron chi connectivity index (χ4n) is 3.71. The average molecular weight is 376 g/mol. The highest BCUT2D eigenvalue weighted by Crippen LogP contribution is 2.29. The molecule has 0 saturated heterocycles. The van der Waals surface area contributed by atoms with E-state index in [9.17, 15) is 9.90 Å². The van der Waals surface area contributed by atoms with Crippen molar-refractivity contribution in [2.45, 2.75) is 44.8 Å². The van der Waals surface area contributed by atoms with Crippen molar-refractivity contribution in [1.82, 2.24) is 9.97 Å². The first-order chi connectivity index (χ1) is 13.4. The van der Waals surface area contributed by atoms with Gasteiger partial charge in [0.25, 0.3) is 0 Å². The molecule has 0 spiro atoms. The molecule has 1 unspecified atom stereocenters. The van der Waals surface area contributed by atoms with E-state index in [-0.39, 0.29) is 18.4 Å². The first kappa shape index (κ1) is 18.4. The summed E-state index contributed by atoms with van der Waals surface area (Å²) in [6.45, 7) is 3.25. The van der Waals surface area contributed by atoms with Crippen LogP contribution >= 0.6 is 0 Å². The molecular weight excluding hydrogens is 352 g/mol. The van der Waals surface area contributed by atoms with Gasteiger partial charge in [-0.15, -0.1) is 0 Å². The Kier molecular flexibility index (Phi) is 4.73. The molecule has 1 aliphatic carbocycles. The maximum absolute atomic E-state index is 12.1. The summed E-state index contributed by atoms with van der Waals surface area (Å²) in [5.41, 5.74) is 3.16. The minimum Gasteiger partial charge on any atom is -0.390 e. The first-order valence-electron chi connectivity index (χ1n) is 9.48. The Hall–Kier alpha value is -2.99. The lowest BCUT2D eigenvalue weighted by atomic mass is 10.0. The summed E-state index contributed by atoms with van der Waals surface area (Å²) in [7, 11) is 0. The van der Waals surface area contributed by atoms with Crippen molar-refractivity contribution in [3.05, 3.63) is 59.9 Å². The van der Waals surface area contributed by atoms with Crippen molar-refractivity contribution >= 4 is 28.3 Å². The molecule has 4 rings (SSSR count). The van der Waals surface area contributed by atoms with Crippen LogP contribution in [-0.4, -0.2) is 32.6 Å². The van der Waals surface area contributed by atoms with E-state index in [2.05, 4.69) is 26.7 Å². The number of nitrogens with zero attached hydrogens (tertiary/aromatic N) is 2. The molecule has 28 heavy (non-hydrogen) atoms. The molecular formula is C22H24N4O2. The normalized spacial score (nSPS) is 16.0. The second-order valence-electron chi connectivity index (χ2n) is 8.01. The van der Waals surface area contributed by atoms with Crippen LogP contribution in [0.15, 0.2) is 48.8 Å². The molecule has 1 atom stereocenters. The van der Waals surface area contributed by atoms with E-state index in [1.54, 1.807) is 20.2 Å². The number of fused-ring (bicyclic) bond motifs is 2. The van der Waals surface area contributed by atoms with Crippen molar-refractivity contribution in [3.63, 3.8) is 0 Å². The van der Waals surface area contributed by atoms with Crippen LogP contribution in [0.3, 0.4) is 0 Å². The van der Waals surface area contributed by atoms with Gasteiger partial charge in [0.1, 0.15) is 12.1 Å². The maximum atomic E-state index is 12.1. The van der Waals surface area contributed by atoms with Crippen LogP contribution in [0.5, 0.6) is 0 Å². The van der Waals surface area contributed by atoms with Gasteiger partial charge in [0.2, 0.25) is 5.91 Å². The number of aliphatic hydroxyl groups is 1. The Bertz CT molecular complexity index is 1020. The number of rotatable bonds is 5. The van der Waals surface area contributed by atoms with Gasteiger partial charge in [0.15, 0.2) is 0 Å². The van der Waals surface area contributed by atoms with Crippen LogP contribution in [-0.2, 0) is 17.6 Å². The van der Waals surface area contributed by atoms with E-state index in [1.165, 1.54) is 11.1 Å². The number of para-hydroxylation sites is 1. The minimum absolute atomic E-state index is 0.0645. The molecule has 1 aromatic heterocycles. The van der Waals surface area contributed by atoms with Gasteiger partial charge in [-0.1, -0.05) is 18.2 Å². The lowest BCUT2D eigenvalue weighted by molar-refractivity contribution is -0.119. The third-order valence-electron chi connectivity index (χ3n) is 4.90. The standard InChI is InChI=1S/C22H24N4O2/c1-22(2,28)12-20(27)25-16-8-7-14-9-17(11-15(14)10-16)26-21-18-5-3-4-6-19(18)23-13-24-21/h3-8,10,13,17,28H,9,11-12H2,1-2H3,(H,25,27)(H,23,24,26). The number of amides is 1. The first-order valence-corrected chi connectivity index (χ1v) is 9.48. The summed E-state index contributed by atoms with van der Waals surface area (Å²) in [6, 6.07) is 14.2. The number of nitrogens with one attached hydrogen (secondary N) is 2. The second-order valence-corrected chi connectivity index (χ2v) is 8.01. The molecule has 144 valence electrons. The highest BCUT2D eigenvalue weighted by Gasteiger charge is 2.23. The van der Waals surface area contributed by atoms with Gasteiger partial charge in [0.05, 0.1) is 17.5 Å². The largest absolute Gasteiger partial charge is 0.390 e. The van der Waals surface area contributed by atoms with E-state index >= 15 is 0 Å². The highest BCUT2D eigenvalue weighted by molar-refractivity contribution is 5.91. The molecule has 3 N–H and O–H groups in total. The molecule has 0 aliphatic heterocycles. The molecule has 0 radical (unpaired) electrons. The van der Waals surface area contributed by atoms with Gasteiger partial charge >= 0.3 is 0 Å². The predicted molar refractivity (Wildman–Crippen MR) is 110 cm³/mol. The van der Waals surface area contributed by atoms with Gasteiger partial charge in [-0.2, -0.15) is 0 Å². The summed E-state index contributed by atoms with van der Waals surface area (Å²) in [6.07, 6.45) is 3.42. The number of hydrogen-bond donors (Lipinski definition) is 3. The van der Waals surface area contributed by atoms with Crippen LogP contribution in [0.1, 0.15) is 31.4 Å². The van der Waals surface area contributed by atoms with Crippen LogP contribution in [0.2, 0.25) is 0 Å². The lowest BCUT2D eigenvalue weighted by Gasteiger charge is -2.16.